The summed E-state index contributed by atoms with van der Waals surface area (Å²) < 4.78 is 5.27. The van der Waals surface area contributed by atoms with E-state index in [0.717, 1.165) is 16.7 Å². The van der Waals surface area contributed by atoms with Crippen LogP contribution in [0.2, 0.25) is 0 Å². The SMILES string of the molecule is CC(=O)c1ccc(Cc2cocc2C=CC(O)c2nn[nH]n2)cc1. The van der Waals surface area contributed by atoms with Gasteiger partial charge in [0.25, 0.3) is 0 Å². The Labute approximate surface area is 138 Å². The molecule has 0 bridgehead atoms. The zero-order valence-corrected chi connectivity index (χ0v) is 13.0. The number of aromatic amines is 1. The fraction of sp³-hybridized carbons (Fsp3) is 0.176. The van der Waals surface area contributed by atoms with Gasteiger partial charge in [0.15, 0.2) is 5.78 Å². The van der Waals surface area contributed by atoms with Crippen molar-refractivity contribution in [2.45, 2.75) is 19.4 Å². The molecule has 0 saturated heterocycles. The van der Waals surface area contributed by atoms with Crippen molar-refractivity contribution < 1.29 is 14.3 Å². The lowest BCUT2D eigenvalue weighted by atomic mass is 10.0. The minimum absolute atomic E-state index is 0.0453. The first-order valence-corrected chi connectivity index (χ1v) is 7.38. The maximum absolute atomic E-state index is 11.3. The topological polar surface area (TPSA) is 105 Å². The summed E-state index contributed by atoms with van der Waals surface area (Å²) in [7, 11) is 0. The molecule has 0 fully saturated rings. The second kappa shape index (κ2) is 7.01. The smallest absolute Gasteiger partial charge is 0.206 e. The maximum atomic E-state index is 11.3. The summed E-state index contributed by atoms with van der Waals surface area (Å²) in [6.45, 7) is 1.54. The summed E-state index contributed by atoms with van der Waals surface area (Å²) in [6.07, 6.45) is 6.31. The molecule has 2 heterocycles. The molecule has 3 rings (SSSR count). The van der Waals surface area contributed by atoms with Crippen molar-refractivity contribution in [1.29, 1.82) is 0 Å². The molecule has 0 radical (unpaired) electrons. The van der Waals surface area contributed by atoms with Crippen LogP contribution in [0.5, 0.6) is 0 Å². The molecular formula is C17H16N4O3. The van der Waals surface area contributed by atoms with Gasteiger partial charge in [0, 0.05) is 23.1 Å². The molecule has 0 spiro atoms. The van der Waals surface area contributed by atoms with Crippen molar-refractivity contribution in [3.63, 3.8) is 0 Å². The van der Waals surface area contributed by atoms with Crippen LogP contribution >= 0.6 is 0 Å². The van der Waals surface area contributed by atoms with Crippen molar-refractivity contribution in [3.05, 3.63) is 70.9 Å². The predicted molar refractivity (Wildman–Crippen MR) is 86.1 cm³/mol. The van der Waals surface area contributed by atoms with E-state index in [9.17, 15) is 9.90 Å². The van der Waals surface area contributed by atoms with E-state index in [2.05, 4.69) is 20.6 Å². The first-order chi connectivity index (χ1) is 11.6. The molecule has 3 aromatic rings. The van der Waals surface area contributed by atoms with E-state index in [0.29, 0.717) is 12.0 Å². The summed E-state index contributed by atoms with van der Waals surface area (Å²) in [5.41, 5.74) is 3.58. The molecule has 1 unspecified atom stereocenters. The van der Waals surface area contributed by atoms with Gasteiger partial charge in [-0.15, -0.1) is 10.2 Å². The van der Waals surface area contributed by atoms with E-state index in [1.54, 1.807) is 31.6 Å². The number of hydrogen-bond acceptors (Lipinski definition) is 6. The molecule has 122 valence electrons. The largest absolute Gasteiger partial charge is 0.472 e. The number of ketones is 1. The van der Waals surface area contributed by atoms with E-state index >= 15 is 0 Å². The Kier molecular flexibility index (Phi) is 4.62. The molecule has 1 aromatic carbocycles. The third-order valence-electron chi connectivity index (χ3n) is 3.62. The van der Waals surface area contributed by atoms with Crippen LogP contribution in [-0.2, 0) is 6.42 Å². The molecule has 7 nitrogen and oxygen atoms in total. The number of nitrogens with one attached hydrogen (secondary N) is 1. The van der Waals surface area contributed by atoms with Crippen LogP contribution in [0.4, 0.5) is 0 Å². The average Bonchev–Trinajstić information content (AvgIpc) is 3.25. The number of carbonyl (C=O) groups excluding carboxylic acids is 1. The zero-order valence-electron chi connectivity index (χ0n) is 13.0. The number of hydrogen-bond donors (Lipinski definition) is 2. The molecule has 2 aromatic heterocycles. The van der Waals surface area contributed by atoms with Gasteiger partial charge in [-0.05, 0) is 18.6 Å². The minimum Gasteiger partial charge on any atom is -0.472 e. The number of carbonyl (C=O) groups is 1. The standard InChI is InChI=1S/C17H16N4O3/c1-11(22)13-4-2-12(3-5-13)8-15-10-24-9-14(15)6-7-16(23)17-18-20-21-19-17/h2-7,9-10,16,23H,8H2,1H3,(H,18,19,20,21). The predicted octanol–water partition coefficient (Wildman–Crippen LogP) is 2.33. The monoisotopic (exact) mass is 324 g/mol. The fourth-order valence-electron chi connectivity index (χ4n) is 2.28. The molecule has 0 aliphatic heterocycles. The van der Waals surface area contributed by atoms with Crippen molar-refractivity contribution in [1.82, 2.24) is 20.6 Å². The molecule has 7 heteroatoms. The number of aliphatic hydroxyl groups excluding tert-OH is 1. The van der Waals surface area contributed by atoms with E-state index in [1.807, 2.05) is 24.3 Å². The van der Waals surface area contributed by atoms with E-state index in [4.69, 9.17) is 4.42 Å². The molecule has 0 aliphatic rings. The van der Waals surface area contributed by atoms with Gasteiger partial charge in [-0.2, -0.15) is 5.21 Å². The number of Topliss-reactive ketones (excluding diaryl/α,β-unsaturated/α-hetero) is 1. The number of rotatable bonds is 6. The van der Waals surface area contributed by atoms with Gasteiger partial charge in [0.2, 0.25) is 5.82 Å². The van der Waals surface area contributed by atoms with Gasteiger partial charge in [-0.3, -0.25) is 4.79 Å². The Morgan fingerprint density at radius 2 is 2.12 bits per heavy atom. The summed E-state index contributed by atoms with van der Waals surface area (Å²) in [4.78, 5) is 11.3. The van der Waals surface area contributed by atoms with Crippen LogP contribution in [0, 0.1) is 0 Å². The van der Waals surface area contributed by atoms with Gasteiger partial charge in [0.05, 0.1) is 12.5 Å². The van der Waals surface area contributed by atoms with E-state index < -0.39 is 6.10 Å². The maximum Gasteiger partial charge on any atom is 0.206 e. The molecule has 0 saturated carbocycles. The van der Waals surface area contributed by atoms with Crippen LogP contribution in [0.3, 0.4) is 0 Å². The number of aromatic nitrogens is 4. The van der Waals surface area contributed by atoms with Crippen LogP contribution < -0.4 is 0 Å². The van der Waals surface area contributed by atoms with Crippen molar-refractivity contribution >= 4 is 11.9 Å². The molecule has 1 atom stereocenters. The lowest BCUT2D eigenvalue weighted by molar-refractivity contribution is 0.101. The summed E-state index contributed by atoms with van der Waals surface area (Å²) in [5, 5.41) is 23.1. The molecule has 0 amide bonds. The second-order valence-electron chi connectivity index (χ2n) is 5.36. The summed E-state index contributed by atoms with van der Waals surface area (Å²) in [5.74, 6) is 0.250. The highest BCUT2D eigenvalue weighted by Crippen LogP contribution is 2.19. The average molecular weight is 324 g/mol. The number of aliphatic hydroxyl groups is 1. The number of benzene rings is 1. The molecule has 2 N–H and O–H groups in total. The fourth-order valence-corrected chi connectivity index (χ4v) is 2.28. The minimum atomic E-state index is -0.943. The summed E-state index contributed by atoms with van der Waals surface area (Å²) in [6, 6.07) is 7.47. The first kappa shape index (κ1) is 15.8. The quantitative estimate of drug-likeness (QED) is 0.674. The lowest BCUT2D eigenvalue weighted by Crippen LogP contribution is -1.96. The van der Waals surface area contributed by atoms with Crippen molar-refractivity contribution in [3.8, 4) is 0 Å². The Bertz CT molecular complexity index is 835. The Hall–Kier alpha value is -3.06. The normalized spacial score (nSPS) is 12.6. The Balaban J connectivity index is 1.72. The molecule has 24 heavy (non-hydrogen) atoms. The van der Waals surface area contributed by atoms with Crippen LogP contribution in [0.25, 0.3) is 6.08 Å². The van der Waals surface area contributed by atoms with Crippen molar-refractivity contribution in [2.75, 3.05) is 0 Å². The Morgan fingerprint density at radius 1 is 1.33 bits per heavy atom. The number of H-pyrrole nitrogens is 1. The highest BCUT2D eigenvalue weighted by Gasteiger charge is 2.10. The third-order valence-corrected chi connectivity index (χ3v) is 3.62. The van der Waals surface area contributed by atoms with Gasteiger partial charge in [0.1, 0.15) is 6.10 Å². The highest BCUT2D eigenvalue weighted by molar-refractivity contribution is 5.94. The second-order valence-corrected chi connectivity index (χ2v) is 5.36. The number of tetrazole rings is 1. The van der Waals surface area contributed by atoms with Gasteiger partial charge < -0.3 is 9.52 Å². The van der Waals surface area contributed by atoms with Gasteiger partial charge >= 0.3 is 0 Å². The first-order valence-electron chi connectivity index (χ1n) is 7.38. The van der Waals surface area contributed by atoms with Crippen LogP contribution in [-0.4, -0.2) is 31.5 Å². The van der Waals surface area contributed by atoms with Crippen molar-refractivity contribution in [2.24, 2.45) is 0 Å². The van der Waals surface area contributed by atoms with Gasteiger partial charge in [-0.1, -0.05) is 35.6 Å². The van der Waals surface area contributed by atoms with Gasteiger partial charge in [-0.25, -0.2) is 0 Å². The summed E-state index contributed by atoms with van der Waals surface area (Å²) >= 11 is 0. The number of nitrogens with zero attached hydrogens (tertiary/aromatic N) is 3. The van der Waals surface area contributed by atoms with Crippen LogP contribution in [0.1, 0.15) is 45.9 Å². The highest BCUT2D eigenvalue weighted by atomic mass is 16.3. The molecule has 0 aliphatic carbocycles. The Morgan fingerprint density at radius 3 is 2.79 bits per heavy atom. The molecular weight excluding hydrogens is 308 g/mol. The zero-order chi connectivity index (χ0) is 16.9. The lowest BCUT2D eigenvalue weighted by Gasteiger charge is -2.02. The number of furan rings is 1. The van der Waals surface area contributed by atoms with Crippen LogP contribution in [0.15, 0.2) is 47.3 Å². The van der Waals surface area contributed by atoms with E-state index in [-0.39, 0.29) is 11.6 Å². The van der Waals surface area contributed by atoms with E-state index in [1.165, 1.54) is 0 Å². The third kappa shape index (κ3) is 3.64.